The highest BCUT2D eigenvalue weighted by Gasteiger charge is 2.39. The number of ketones is 3. The number of nitrogens with two attached hydrogens (primary N) is 1. The maximum absolute atomic E-state index is 13.8. The summed E-state index contributed by atoms with van der Waals surface area (Å²) < 4.78 is 0. The van der Waals surface area contributed by atoms with Crippen LogP contribution >= 0.6 is 0 Å². The lowest BCUT2D eigenvalue weighted by Gasteiger charge is -2.29. The van der Waals surface area contributed by atoms with Crippen molar-refractivity contribution < 1.29 is 33.6 Å². The number of hydrogen-bond donors (Lipinski definition) is 5. The van der Waals surface area contributed by atoms with Gasteiger partial charge in [0.15, 0.2) is 11.6 Å². The molecule has 1 unspecified atom stereocenters. The van der Waals surface area contributed by atoms with Crippen LogP contribution in [0.1, 0.15) is 52.0 Å². The summed E-state index contributed by atoms with van der Waals surface area (Å²) in [5, 5.41) is 10.8. The first-order valence-corrected chi connectivity index (χ1v) is 14.9. The predicted octanol–water partition coefficient (Wildman–Crippen LogP) is -0.716. The van der Waals surface area contributed by atoms with Gasteiger partial charge in [0.25, 0.3) is 11.8 Å². The Balaban J connectivity index is 1.75. The van der Waals surface area contributed by atoms with Gasteiger partial charge >= 0.3 is 0 Å². The fourth-order valence-corrected chi connectivity index (χ4v) is 5.41. The standard InChI is InChI=1S/C31H42N6O7/c1-18(2)35-30(43)27(40)23(16-21-11-12-33-28(21)41)34-17-26(39)25-10-7-13-37(25)31(44)24(15-20-8-5-4-6-9-20)36-29(42)22(32)14-19(3)38/h4-6,8-9,14,18,21,23-25,34H,7,10-13,15-17,32H2,1-3H3,(H,33,41)(H,35,43)(H,36,42)/t21-,23-,24-,25?/m0/s1. The number of carbonyl (C=O) groups excluding carboxylic acids is 7. The molecular formula is C31H42N6O7. The van der Waals surface area contributed by atoms with Crippen molar-refractivity contribution in [2.24, 2.45) is 11.7 Å². The highest BCUT2D eigenvalue weighted by molar-refractivity contribution is 6.38. The molecule has 0 radical (unpaired) electrons. The number of benzene rings is 1. The average molecular weight is 611 g/mol. The zero-order chi connectivity index (χ0) is 32.4. The second kappa shape index (κ2) is 15.9. The molecule has 4 atom stereocenters. The van der Waals surface area contributed by atoms with Crippen LogP contribution in [0.4, 0.5) is 0 Å². The summed E-state index contributed by atoms with van der Waals surface area (Å²) in [4.78, 5) is 90.6. The van der Waals surface area contributed by atoms with Gasteiger partial charge in [-0.1, -0.05) is 30.3 Å². The molecule has 0 bridgehead atoms. The molecule has 0 aliphatic carbocycles. The molecule has 3 rings (SSSR count). The number of nitrogens with zero attached hydrogens (tertiary/aromatic N) is 1. The Hall–Kier alpha value is -4.39. The molecule has 13 heteroatoms. The fourth-order valence-electron chi connectivity index (χ4n) is 5.41. The number of carbonyl (C=O) groups is 7. The smallest absolute Gasteiger partial charge is 0.289 e. The van der Waals surface area contributed by atoms with E-state index in [0.29, 0.717) is 25.8 Å². The van der Waals surface area contributed by atoms with Gasteiger partial charge in [-0.05, 0) is 52.0 Å². The normalized spacial score (nSPS) is 19.7. The minimum atomic E-state index is -1.07. The number of allylic oxidation sites excluding steroid dienone is 1. The maximum Gasteiger partial charge on any atom is 0.289 e. The summed E-state index contributed by atoms with van der Waals surface area (Å²) in [7, 11) is 0. The highest BCUT2D eigenvalue weighted by atomic mass is 16.2. The lowest BCUT2D eigenvalue weighted by molar-refractivity contribution is -0.141. The van der Waals surface area contributed by atoms with E-state index in [1.54, 1.807) is 38.1 Å². The number of amides is 4. The molecule has 2 saturated heterocycles. The third-order valence-electron chi connectivity index (χ3n) is 7.58. The van der Waals surface area contributed by atoms with E-state index < -0.39 is 53.3 Å². The quantitative estimate of drug-likeness (QED) is 0.126. The van der Waals surface area contributed by atoms with E-state index in [0.717, 1.165) is 11.6 Å². The van der Waals surface area contributed by atoms with Crippen molar-refractivity contribution in [2.45, 2.75) is 77.0 Å². The van der Waals surface area contributed by atoms with Gasteiger partial charge in [-0.25, -0.2) is 0 Å². The van der Waals surface area contributed by atoms with Crippen LogP contribution in [0.5, 0.6) is 0 Å². The van der Waals surface area contributed by atoms with Crippen LogP contribution in [0.25, 0.3) is 0 Å². The second-order valence-corrected chi connectivity index (χ2v) is 11.5. The minimum Gasteiger partial charge on any atom is -0.394 e. The van der Waals surface area contributed by atoms with Crippen LogP contribution < -0.4 is 27.0 Å². The van der Waals surface area contributed by atoms with E-state index in [-0.39, 0.29) is 49.4 Å². The van der Waals surface area contributed by atoms with E-state index >= 15 is 0 Å². The molecule has 2 heterocycles. The summed E-state index contributed by atoms with van der Waals surface area (Å²) in [5.41, 5.74) is 6.18. The summed E-state index contributed by atoms with van der Waals surface area (Å²) in [6.07, 6.45) is 2.58. The van der Waals surface area contributed by atoms with Crippen molar-refractivity contribution in [3.05, 3.63) is 47.7 Å². The molecule has 0 aromatic heterocycles. The molecule has 6 N–H and O–H groups in total. The van der Waals surface area contributed by atoms with E-state index in [1.165, 1.54) is 11.8 Å². The first-order chi connectivity index (χ1) is 20.9. The van der Waals surface area contributed by atoms with Gasteiger partial charge < -0.3 is 26.6 Å². The largest absolute Gasteiger partial charge is 0.394 e. The third kappa shape index (κ3) is 9.56. The van der Waals surface area contributed by atoms with E-state index in [9.17, 15) is 33.6 Å². The van der Waals surface area contributed by atoms with Crippen molar-refractivity contribution >= 4 is 41.0 Å². The van der Waals surface area contributed by atoms with Crippen molar-refractivity contribution in [2.75, 3.05) is 19.6 Å². The van der Waals surface area contributed by atoms with Crippen LogP contribution in [-0.2, 0) is 40.0 Å². The molecule has 4 amide bonds. The first-order valence-electron chi connectivity index (χ1n) is 14.9. The van der Waals surface area contributed by atoms with Crippen molar-refractivity contribution in [1.29, 1.82) is 0 Å². The Labute approximate surface area is 256 Å². The van der Waals surface area contributed by atoms with Gasteiger partial charge in [0, 0.05) is 37.5 Å². The van der Waals surface area contributed by atoms with E-state index in [4.69, 9.17) is 5.73 Å². The number of hydrogen-bond acceptors (Lipinski definition) is 9. The maximum atomic E-state index is 13.8. The third-order valence-corrected chi connectivity index (χ3v) is 7.58. The monoisotopic (exact) mass is 610 g/mol. The molecular weight excluding hydrogens is 568 g/mol. The summed E-state index contributed by atoms with van der Waals surface area (Å²) in [6, 6.07) is 5.76. The number of rotatable bonds is 15. The van der Waals surface area contributed by atoms with Gasteiger partial charge in [0.05, 0.1) is 18.6 Å². The molecule has 0 saturated carbocycles. The summed E-state index contributed by atoms with van der Waals surface area (Å²) >= 11 is 0. The Bertz CT molecular complexity index is 1300. The van der Waals surface area contributed by atoms with Crippen LogP contribution in [-0.4, -0.2) is 89.7 Å². The molecule has 13 nitrogen and oxygen atoms in total. The zero-order valence-electron chi connectivity index (χ0n) is 25.4. The lowest BCUT2D eigenvalue weighted by Crippen LogP contribution is -2.55. The molecule has 1 aromatic rings. The molecule has 1 aromatic carbocycles. The zero-order valence-corrected chi connectivity index (χ0v) is 25.4. The molecule has 44 heavy (non-hydrogen) atoms. The first kappa shape index (κ1) is 34.1. The second-order valence-electron chi connectivity index (χ2n) is 11.5. The summed E-state index contributed by atoms with van der Waals surface area (Å²) in [6.45, 7) is 5.12. The Morgan fingerprint density at radius 2 is 1.73 bits per heavy atom. The molecule has 0 spiro atoms. The SMILES string of the molecule is CC(=O)C=C(N)C(=O)N[C@@H](Cc1ccccc1)C(=O)N1CCCC1C(=O)CN[C@@H](C[C@@H]1CCNC1=O)C(=O)C(=O)NC(C)C. The topological polar surface area (TPSA) is 197 Å². The Morgan fingerprint density at radius 3 is 2.34 bits per heavy atom. The van der Waals surface area contributed by atoms with Crippen molar-refractivity contribution in [1.82, 2.24) is 26.2 Å². The van der Waals surface area contributed by atoms with Gasteiger partial charge in [0.2, 0.25) is 17.6 Å². The number of Topliss-reactive ketones (excluding diaryl/α,β-unsaturated/α-hetero) is 2. The lowest BCUT2D eigenvalue weighted by atomic mass is 9.95. The van der Waals surface area contributed by atoms with Gasteiger partial charge in [0.1, 0.15) is 11.7 Å². The fraction of sp³-hybridized carbons (Fsp3) is 0.516. The molecule has 2 fully saturated rings. The Kier molecular flexibility index (Phi) is 12.3. The minimum absolute atomic E-state index is 0.0527. The Morgan fingerprint density at radius 1 is 1.02 bits per heavy atom. The van der Waals surface area contributed by atoms with E-state index in [2.05, 4.69) is 21.3 Å². The number of likely N-dealkylation sites (tertiary alicyclic amines) is 1. The number of nitrogens with one attached hydrogen (secondary N) is 4. The van der Waals surface area contributed by atoms with Crippen LogP contribution in [0.15, 0.2) is 42.1 Å². The van der Waals surface area contributed by atoms with Gasteiger partial charge in [-0.2, -0.15) is 0 Å². The molecule has 2 aliphatic heterocycles. The van der Waals surface area contributed by atoms with Gasteiger partial charge in [-0.3, -0.25) is 38.9 Å². The van der Waals surface area contributed by atoms with Crippen LogP contribution in [0, 0.1) is 5.92 Å². The van der Waals surface area contributed by atoms with Crippen LogP contribution in [0.2, 0.25) is 0 Å². The molecule has 2 aliphatic rings. The van der Waals surface area contributed by atoms with Crippen LogP contribution in [0.3, 0.4) is 0 Å². The highest BCUT2D eigenvalue weighted by Crippen LogP contribution is 2.21. The molecule has 238 valence electrons. The summed E-state index contributed by atoms with van der Waals surface area (Å²) in [5.74, 6) is -4.32. The van der Waals surface area contributed by atoms with Crippen molar-refractivity contribution in [3.8, 4) is 0 Å². The van der Waals surface area contributed by atoms with Gasteiger partial charge in [-0.15, -0.1) is 0 Å². The van der Waals surface area contributed by atoms with Crippen molar-refractivity contribution in [3.63, 3.8) is 0 Å². The van der Waals surface area contributed by atoms with E-state index in [1.807, 2.05) is 6.07 Å². The average Bonchev–Trinajstić information content (AvgIpc) is 3.62. The predicted molar refractivity (Wildman–Crippen MR) is 161 cm³/mol.